The Kier molecular flexibility index (Phi) is 3.06. The van der Waals surface area contributed by atoms with Crippen molar-refractivity contribution in [1.82, 2.24) is 0 Å². The third kappa shape index (κ3) is 2.43. The second kappa shape index (κ2) is 4.90. The lowest BCUT2D eigenvalue weighted by atomic mass is 10.1. The van der Waals surface area contributed by atoms with Gasteiger partial charge in [-0.3, -0.25) is 9.59 Å². The first-order valence-electron chi connectivity index (χ1n) is 6.52. The highest BCUT2D eigenvalue weighted by molar-refractivity contribution is 6.22. The first-order chi connectivity index (χ1) is 10.0. The molecular weight excluding hydrogens is 266 g/mol. The fourth-order valence-electron chi connectivity index (χ4n) is 2.21. The van der Waals surface area contributed by atoms with E-state index in [1.165, 1.54) is 24.3 Å². The summed E-state index contributed by atoms with van der Waals surface area (Å²) >= 11 is 0. The zero-order valence-corrected chi connectivity index (χ0v) is 11.4. The van der Waals surface area contributed by atoms with E-state index in [0.29, 0.717) is 16.8 Å². The number of carbonyl (C=O) groups excluding carboxylic acids is 2. The molecule has 0 radical (unpaired) electrons. The Bertz CT molecular complexity index is 773. The fourth-order valence-corrected chi connectivity index (χ4v) is 2.21. The largest absolute Gasteiger partial charge is 0.508 e. The SMILES string of the molecule is Cc1ccc(C(=O)/C=C2\Nc3cc(O)ccc3C2=O)cc1. The molecule has 1 aliphatic heterocycles. The van der Waals surface area contributed by atoms with Gasteiger partial charge in [-0.2, -0.15) is 0 Å². The number of fused-ring (bicyclic) bond motifs is 1. The van der Waals surface area contributed by atoms with Crippen molar-refractivity contribution in [2.45, 2.75) is 6.92 Å². The number of phenolic OH excluding ortho intramolecular Hbond substituents is 1. The van der Waals surface area contributed by atoms with Gasteiger partial charge in [-0.25, -0.2) is 0 Å². The van der Waals surface area contributed by atoms with Gasteiger partial charge < -0.3 is 10.4 Å². The molecule has 0 amide bonds. The van der Waals surface area contributed by atoms with E-state index in [1.54, 1.807) is 12.1 Å². The monoisotopic (exact) mass is 279 g/mol. The lowest BCUT2D eigenvalue weighted by Crippen LogP contribution is -2.05. The van der Waals surface area contributed by atoms with Gasteiger partial charge in [0.05, 0.1) is 11.4 Å². The predicted octanol–water partition coefficient (Wildman–Crippen LogP) is 3.08. The molecule has 0 saturated heterocycles. The third-order valence-corrected chi connectivity index (χ3v) is 3.37. The van der Waals surface area contributed by atoms with Crippen LogP contribution in [0.3, 0.4) is 0 Å². The molecule has 0 saturated carbocycles. The summed E-state index contributed by atoms with van der Waals surface area (Å²) in [5.41, 5.74) is 2.79. The van der Waals surface area contributed by atoms with E-state index in [9.17, 15) is 14.7 Å². The van der Waals surface area contributed by atoms with Crippen LogP contribution in [0, 0.1) is 6.92 Å². The van der Waals surface area contributed by atoms with Crippen LogP contribution >= 0.6 is 0 Å². The van der Waals surface area contributed by atoms with Crippen LogP contribution < -0.4 is 5.32 Å². The number of nitrogens with one attached hydrogen (secondary N) is 1. The van der Waals surface area contributed by atoms with Gasteiger partial charge in [0.2, 0.25) is 5.78 Å². The molecule has 0 aromatic heterocycles. The molecule has 4 nitrogen and oxygen atoms in total. The van der Waals surface area contributed by atoms with Crippen molar-refractivity contribution < 1.29 is 14.7 Å². The Balaban J connectivity index is 1.90. The molecule has 0 aliphatic carbocycles. The molecule has 0 fully saturated rings. The van der Waals surface area contributed by atoms with Crippen molar-refractivity contribution in [3.8, 4) is 5.75 Å². The molecule has 0 unspecified atom stereocenters. The first-order valence-corrected chi connectivity index (χ1v) is 6.52. The maximum atomic E-state index is 12.2. The van der Waals surface area contributed by atoms with E-state index < -0.39 is 0 Å². The Morgan fingerprint density at radius 3 is 2.57 bits per heavy atom. The van der Waals surface area contributed by atoms with Crippen LogP contribution in [0.2, 0.25) is 0 Å². The number of anilines is 1. The van der Waals surface area contributed by atoms with E-state index >= 15 is 0 Å². The van der Waals surface area contributed by atoms with Crippen LogP contribution in [-0.2, 0) is 0 Å². The number of aromatic hydroxyl groups is 1. The lowest BCUT2D eigenvalue weighted by Gasteiger charge is -2.00. The summed E-state index contributed by atoms with van der Waals surface area (Å²) < 4.78 is 0. The van der Waals surface area contributed by atoms with Crippen LogP contribution in [-0.4, -0.2) is 16.7 Å². The number of allylic oxidation sites excluding steroid dienone is 2. The van der Waals surface area contributed by atoms with Gasteiger partial charge in [0.25, 0.3) is 0 Å². The van der Waals surface area contributed by atoms with E-state index in [4.69, 9.17) is 0 Å². The quantitative estimate of drug-likeness (QED) is 0.655. The topological polar surface area (TPSA) is 66.4 Å². The van der Waals surface area contributed by atoms with Crippen molar-refractivity contribution >= 4 is 17.3 Å². The van der Waals surface area contributed by atoms with E-state index in [-0.39, 0.29) is 23.0 Å². The molecule has 2 aromatic carbocycles. The molecule has 104 valence electrons. The van der Waals surface area contributed by atoms with E-state index in [2.05, 4.69) is 5.32 Å². The van der Waals surface area contributed by atoms with E-state index in [1.807, 2.05) is 19.1 Å². The van der Waals surface area contributed by atoms with Gasteiger partial charge >= 0.3 is 0 Å². The molecule has 4 heteroatoms. The number of benzene rings is 2. The summed E-state index contributed by atoms with van der Waals surface area (Å²) in [5, 5.41) is 12.3. The van der Waals surface area contributed by atoms with Crippen molar-refractivity contribution in [3.63, 3.8) is 0 Å². The normalized spacial score (nSPS) is 14.9. The average Bonchev–Trinajstić information content (AvgIpc) is 2.75. The minimum Gasteiger partial charge on any atom is -0.508 e. The summed E-state index contributed by atoms with van der Waals surface area (Å²) in [4.78, 5) is 24.3. The van der Waals surface area contributed by atoms with E-state index in [0.717, 1.165) is 5.56 Å². The number of Topliss-reactive ketones (excluding diaryl/α,β-unsaturated/α-hetero) is 1. The van der Waals surface area contributed by atoms with Gasteiger partial charge in [0.15, 0.2) is 5.78 Å². The summed E-state index contributed by atoms with van der Waals surface area (Å²) in [6.45, 7) is 1.94. The Hall–Kier alpha value is -2.88. The molecular formula is C17H13NO3. The Labute approximate surface area is 121 Å². The predicted molar refractivity (Wildman–Crippen MR) is 79.7 cm³/mol. The summed E-state index contributed by atoms with van der Waals surface area (Å²) in [6, 6.07) is 11.6. The van der Waals surface area contributed by atoms with Crippen LogP contribution in [0.15, 0.2) is 54.2 Å². The number of hydrogen-bond donors (Lipinski definition) is 2. The number of hydrogen-bond acceptors (Lipinski definition) is 4. The van der Waals surface area contributed by atoms with Crippen LogP contribution in [0.1, 0.15) is 26.3 Å². The number of aryl methyl sites for hydroxylation is 1. The molecule has 0 atom stereocenters. The molecule has 2 aromatic rings. The zero-order chi connectivity index (χ0) is 15.0. The van der Waals surface area contributed by atoms with Gasteiger partial charge in [-0.1, -0.05) is 29.8 Å². The molecule has 1 heterocycles. The lowest BCUT2D eigenvalue weighted by molar-refractivity contribution is 0.101. The van der Waals surface area contributed by atoms with Crippen molar-refractivity contribution in [3.05, 3.63) is 70.9 Å². The van der Waals surface area contributed by atoms with Gasteiger partial charge in [-0.15, -0.1) is 0 Å². The molecule has 3 rings (SSSR count). The molecule has 0 bridgehead atoms. The minimum absolute atomic E-state index is 0.0696. The average molecular weight is 279 g/mol. The summed E-state index contributed by atoms with van der Waals surface area (Å²) in [7, 11) is 0. The van der Waals surface area contributed by atoms with Crippen LogP contribution in [0.25, 0.3) is 0 Å². The van der Waals surface area contributed by atoms with Gasteiger partial charge in [0.1, 0.15) is 5.75 Å². The Morgan fingerprint density at radius 1 is 1.14 bits per heavy atom. The highest BCUT2D eigenvalue weighted by Crippen LogP contribution is 2.31. The van der Waals surface area contributed by atoms with Crippen molar-refractivity contribution in [2.24, 2.45) is 0 Å². The van der Waals surface area contributed by atoms with Gasteiger partial charge in [0, 0.05) is 23.3 Å². The molecule has 2 N–H and O–H groups in total. The molecule has 0 spiro atoms. The first kappa shape index (κ1) is 13.1. The number of ketones is 2. The summed E-state index contributed by atoms with van der Waals surface area (Å²) in [6.07, 6.45) is 1.30. The highest BCUT2D eigenvalue weighted by Gasteiger charge is 2.25. The summed E-state index contributed by atoms with van der Waals surface area (Å²) in [5.74, 6) is -0.409. The zero-order valence-electron chi connectivity index (χ0n) is 11.4. The number of rotatable bonds is 2. The minimum atomic E-state index is -0.245. The maximum Gasteiger partial charge on any atom is 0.211 e. The highest BCUT2D eigenvalue weighted by atomic mass is 16.3. The Morgan fingerprint density at radius 2 is 1.86 bits per heavy atom. The standard InChI is InChI=1S/C17H13NO3/c1-10-2-4-11(5-3-10)16(20)9-15-17(21)13-7-6-12(19)8-14(13)18-15/h2-9,18-19H,1H3/b15-9-. The molecule has 1 aliphatic rings. The maximum absolute atomic E-state index is 12.2. The smallest absolute Gasteiger partial charge is 0.211 e. The van der Waals surface area contributed by atoms with Gasteiger partial charge in [-0.05, 0) is 19.1 Å². The van der Waals surface area contributed by atoms with Crippen LogP contribution in [0.5, 0.6) is 5.75 Å². The van der Waals surface area contributed by atoms with Crippen LogP contribution in [0.4, 0.5) is 5.69 Å². The fraction of sp³-hybridized carbons (Fsp3) is 0.0588. The van der Waals surface area contributed by atoms with Crippen molar-refractivity contribution in [2.75, 3.05) is 5.32 Å². The number of carbonyl (C=O) groups is 2. The molecule has 21 heavy (non-hydrogen) atoms. The second-order valence-corrected chi connectivity index (χ2v) is 4.97. The second-order valence-electron chi connectivity index (χ2n) is 4.97. The number of phenols is 1. The third-order valence-electron chi connectivity index (χ3n) is 3.37. The van der Waals surface area contributed by atoms with Crippen molar-refractivity contribution in [1.29, 1.82) is 0 Å².